The minimum atomic E-state index is 0.739. The molecule has 0 aliphatic heterocycles. The maximum atomic E-state index is 4.20. The second-order valence-electron chi connectivity index (χ2n) is 4.07. The van der Waals surface area contributed by atoms with Gasteiger partial charge >= 0.3 is 0 Å². The molecule has 11 heavy (non-hydrogen) atoms. The van der Waals surface area contributed by atoms with Crippen LogP contribution in [-0.4, -0.2) is 5.66 Å². The van der Waals surface area contributed by atoms with Crippen molar-refractivity contribution in [2.45, 2.75) is 37.8 Å². The number of hydrogen-bond acceptors (Lipinski definition) is 0. The van der Waals surface area contributed by atoms with Crippen LogP contribution in [0, 0.1) is 11.8 Å². The van der Waals surface area contributed by atoms with Gasteiger partial charge in [-0.05, 0) is 36.8 Å². The summed E-state index contributed by atoms with van der Waals surface area (Å²) >= 11 is 0. The predicted molar refractivity (Wildman–Crippen MR) is 52.7 cm³/mol. The van der Waals surface area contributed by atoms with Gasteiger partial charge in [-0.2, -0.15) is 0 Å². The van der Waals surface area contributed by atoms with Gasteiger partial charge in [0.1, 0.15) is 0 Å². The Morgan fingerprint density at radius 2 is 2.00 bits per heavy atom. The fourth-order valence-corrected chi connectivity index (χ4v) is 3.33. The van der Waals surface area contributed by atoms with Crippen LogP contribution in [0.5, 0.6) is 0 Å². The number of rotatable bonds is 0. The first-order chi connectivity index (χ1) is 5.29. The maximum absolute atomic E-state index is 4.20. The van der Waals surface area contributed by atoms with Crippen molar-refractivity contribution in [1.82, 2.24) is 0 Å². The van der Waals surface area contributed by atoms with E-state index in [4.69, 9.17) is 0 Å². The fraction of sp³-hybridized carbons (Fsp3) is 0.800. The molecule has 62 valence electrons. The molecule has 0 saturated heterocycles. The van der Waals surface area contributed by atoms with E-state index in [-0.39, 0.29) is 0 Å². The van der Waals surface area contributed by atoms with Crippen LogP contribution in [-0.2, 0) is 0 Å². The maximum Gasteiger partial charge on any atom is -0.00526 e. The lowest BCUT2D eigenvalue weighted by Crippen LogP contribution is -2.13. The summed E-state index contributed by atoms with van der Waals surface area (Å²) in [7, 11) is 2.95. The molecule has 0 radical (unpaired) electrons. The van der Waals surface area contributed by atoms with Crippen LogP contribution in [0.15, 0.2) is 12.2 Å². The molecule has 4 unspecified atom stereocenters. The summed E-state index contributed by atoms with van der Waals surface area (Å²) in [5.41, 5.74) is 2.27. The van der Waals surface area contributed by atoms with E-state index in [0.29, 0.717) is 0 Å². The number of fused-ring (bicyclic) bond motifs is 1. The number of hydrogen-bond donors (Lipinski definition) is 0. The molecule has 4 atom stereocenters. The summed E-state index contributed by atoms with van der Waals surface area (Å²) in [4.78, 5) is 0. The molecule has 2 fully saturated rings. The van der Waals surface area contributed by atoms with E-state index in [9.17, 15) is 0 Å². The zero-order chi connectivity index (χ0) is 7.84. The van der Waals surface area contributed by atoms with Crippen molar-refractivity contribution in [3.8, 4) is 0 Å². The largest absolute Gasteiger partial charge is 0.130 e. The van der Waals surface area contributed by atoms with Gasteiger partial charge in [0.15, 0.2) is 0 Å². The molecule has 0 bridgehead atoms. The zero-order valence-electron chi connectivity index (χ0n) is 7.05. The highest BCUT2D eigenvalue weighted by atomic mass is 31.0. The third-order valence-corrected chi connectivity index (χ3v) is 4.12. The summed E-state index contributed by atoms with van der Waals surface area (Å²) < 4.78 is 0. The summed E-state index contributed by atoms with van der Waals surface area (Å²) in [5, 5.41) is 0. The van der Waals surface area contributed by atoms with Crippen LogP contribution in [0.25, 0.3) is 0 Å². The van der Waals surface area contributed by atoms with Gasteiger partial charge in [-0.1, -0.05) is 25.0 Å². The topological polar surface area (TPSA) is 0 Å². The lowest BCUT2D eigenvalue weighted by Gasteiger charge is -2.25. The zero-order valence-corrected chi connectivity index (χ0v) is 8.21. The van der Waals surface area contributed by atoms with Crippen molar-refractivity contribution >= 4 is 9.24 Å². The van der Waals surface area contributed by atoms with E-state index in [0.717, 1.165) is 17.5 Å². The molecule has 0 nitrogen and oxygen atoms in total. The van der Waals surface area contributed by atoms with Crippen molar-refractivity contribution < 1.29 is 0 Å². The molecule has 0 aromatic rings. The molecule has 0 spiro atoms. The molecule has 0 aromatic heterocycles. The van der Waals surface area contributed by atoms with Crippen LogP contribution < -0.4 is 0 Å². The molecule has 0 amide bonds. The Kier molecular flexibility index (Phi) is 2.06. The van der Waals surface area contributed by atoms with Crippen molar-refractivity contribution in [1.29, 1.82) is 0 Å². The van der Waals surface area contributed by atoms with Gasteiger partial charge in [-0.3, -0.25) is 0 Å². The van der Waals surface area contributed by atoms with Crippen molar-refractivity contribution in [2.24, 2.45) is 11.8 Å². The minimum absolute atomic E-state index is 0.739. The van der Waals surface area contributed by atoms with Crippen molar-refractivity contribution in [3.05, 3.63) is 12.2 Å². The Morgan fingerprint density at radius 3 is 2.73 bits per heavy atom. The highest BCUT2D eigenvalue weighted by molar-refractivity contribution is 7.18. The third kappa shape index (κ3) is 1.26. The van der Waals surface area contributed by atoms with Crippen molar-refractivity contribution in [2.75, 3.05) is 0 Å². The molecular weight excluding hydrogens is 151 g/mol. The van der Waals surface area contributed by atoms with Crippen LogP contribution in [0.2, 0.25) is 0 Å². The normalized spacial score (nSPS) is 44.1. The van der Waals surface area contributed by atoms with Gasteiger partial charge in [0.25, 0.3) is 0 Å². The van der Waals surface area contributed by atoms with E-state index < -0.39 is 0 Å². The first-order valence-corrected chi connectivity index (χ1v) is 5.40. The van der Waals surface area contributed by atoms with Gasteiger partial charge in [0, 0.05) is 0 Å². The van der Waals surface area contributed by atoms with Gasteiger partial charge in [0.2, 0.25) is 0 Å². The second kappa shape index (κ2) is 2.90. The third-order valence-electron chi connectivity index (χ3n) is 3.42. The van der Waals surface area contributed by atoms with Gasteiger partial charge in [-0.15, -0.1) is 9.24 Å². The highest BCUT2D eigenvalue weighted by Crippen LogP contribution is 2.47. The SMILES string of the molecule is C=C1C(P)CC2CCCCC12. The quantitative estimate of drug-likeness (QED) is 0.385. The van der Waals surface area contributed by atoms with Crippen LogP contribution >= 0.6 is 9.24 Å². The minimum Gasteiger partial charge on any atom is -0.130 e. The standard InChI is InChI=1S/C10H17P/c1-7-9-5-3-2-4-8(9)6-10(7)11/h8-10H,1-6,11H2. The van der Waals surface area contributed by atoms with Gasteiger partial charge < -0.3 is 0 Å². The van der Waals surface area contributed by atoms with E-state index in [2.05, 4.69) is 15.8 Å². The summed E-state index contributed by atoms with van der Waals surface area (Å²) in [6, 6.07) is 0. The van der Waals surface area contributed by atoms with Crippen molar-refractivity contribution in [3.63, 3.8) is 0 Å². The molecule has 2 rings (SSSR count). The lowest BCUT2D eigenvalue weighted by atomic mass is 9.81. The molecule has 0 aromatic carbocycles. The Balaban J connectivity index is 2.11. The van der Waals surface area contributed by atoms with E-state index >= 15 is 0 Å². The van der Waals surface area contributed by atoms with E-state index in [1.807, 2.05) is 0 Å². The van der Waals surface area contributed by atoms with Crippen LogP contribution in [0.4, 0.5) is 0 Å². The summed E-state index contributed by atoms with van der Waals surface area (Å²) in [6.07, 6.45) is 7.19. The molecule has 0 heterocycles. The Morgan fingerprint density at radius 1 is 1.27 bits per heavy atom. The molecule has 2 saturated carbocycles. The first kappa shape index (κ1) is 7.80. The average molecular weight is 168 g/mol. The molecule has 1 heteroatoms. The Hall–Kier alpha value is 0.170. The van der Waals surface area contributed by atoms with Gasteiger partial charge in [-0.25, -0.2) is 0 Å². The van der Waals surface area contributed by atoms with Crippen LogP contribution in [0.1, 0.15) is 32.1 Å². The smallest absolute Gasteiger partial charge is 0.00526 e. The molecule has 2 aliphatic rings. The Labute approximate surface area is 71.7 Å². The first-order valence-electron chi connectivity index (χ1n) is 4.73. The Bertz CT molecular complexity index is 174. The molecule has 2 aliphatic carbocycles. The van der Waals surface area contributed by atoms with E-state index in [1.165, 1.54) is 37.7 Å². The molecule has 0 N–H and O–H groups in total. The van der Waals surface area contributed by atoms with Gasteiger partial charge in [0.05, 0.1) is 0 Å². The second-order valence-corrected chi connectivity index (χ2v) is 4.87. The number of allylic oxidation sites excluding steroid dienone is 1. The summed E-state index contributed by atoms with van der Waals surface area (Å²) in [6.45, 7) is 4.20. The summed E-state index contributed by atoms with van der Waals surface area (Å²) in [5.74, 6) is 1.89. The fourth-order valence-electron chi connectivity index (χ4n) is 2.73. The predicted octanol–water partition coefficient (Wildman–Crippen LogP) is 3.00. The average Bonchev–Trinajstić information content (AvgIpc) is 2.30. The van der Waals surface area contributed by atoms with Crippen LogP contribution in [0.3, 0.4) is 0 Å². The monoisotopic (exact) mass is 168 g/mol. The van der Waals surface area contributed by atoms with E-state index in [1.54, 1.807) is 0 Å². The molecular formula is C10H17P. The lowest BCUT2D eigenvalue weighted by molar-refractivity contribution is 0.303. The highest BCUT2D eigenvalue weighted by Gasteiger charge is 2.36.